The number of ether oxygens (including phenoxy) is 1. The van der Waals surface area contributed by atoms with Gasteiger partial charge in [0.1, 0.15) is 0 Å². The number of hydrogen-bond donors (Lipinski definition) is 1. The van der Waals surface area contributed by atoms with Crippen molar-refractivity contribution in [1.29, 1.82) is 0 Å². The molecule has 1 aliphatic carbocycles. The highest BCUT2D eigenvalue weighted by Gasteiger charge is 2.40. The first-order valence-electron chi connectivity index (χ1n) is 10.4. The van der Waals surface area contributed by atoms with Gasteiger partial charge in [-0.05, 0) is 48.8 Å². The van der Waals surface area contributed by atoms with E-state index in [9.17, 15) is 4.79 Å². The molecule has 0 radical (unpaired) electrons. The number of amides is 1. The van der Waals surface area contributed by atoms with Gasteiger partial charge >= 0.3 is 6.09 Å². The van der Waals surface area contributed by atoms with Crippen LogP contribution in [0.2, 0.25) is 0 Å². The van der Waals surface area contributed by atoms with Crippen molar-refractivity contribution >= 4 is 6.09 Å². The van der Waals surface area contributed by atoms with Crippen molar-refractivity contribution < 1.29 is 9.53 Å². The number of nitrogens with zero attached hydrogens (tertiary/aromatic N) is 1. The third-order valence-corrected chi connectivity index (χ3v) is 6.19. The highest BCUT2D eigenvalue weighted by molar-refractivity contribution is 5.68. The van der Waals surface area contributed by atoms with Gasteiger partial charge < -0.3 is 15.4 Å². The maximum absolute atomic E-state index is 12.8. The molecule has 0 spiro atoms. The van der Waals surface area contributed by atoms with Gasteiger partial charge in [0.25, 0.3) is 0 Å². The van der Waals surface area contributed by atoms with Crippen LogP contribution in [0.4, 0.5) is 4.79 Å². The van der Waals surface area contributed by atoms with Crippen molar-refractivity contribution in [2.24, 2.45) is 11.1 Å². The van der Waals surface area contributed by atoms with Gasteiger partial charge in [-0.25, -0.2) is 4.79 Å². The molecule has 1 heterocycles. The smallest absolute Gasteiger partial charge is 0.410 e. The molecule has 2 aromatic rings. The molecule has 4 heteroatoms. The summed E-state index contributed by atoms with van der Waals surface area (Å²) < 4.78 is 5.65. The molecule has 148 valence electrons. The van der Waals surface area contributed by atoms with Gasteiger partial charge in [-0.15, -0.1) is 0 Å². The average Bonchev–Trinajstić information content (AvgIpc) is 3.46. The Morgan fingerprint density at radius 3 is 2.64 bits per heavy atom. The topological polar surface area (TPSA) is 55.6 Å². The molecule has 1 aliphatic heterocycles. The normalized spacial score (nSPS) is 23.3. The summed E-state index contributed by atoms with van der Waals surface area (Å²) in [6.07, 6.45) is 4.74. The first-order chi connectivity index (χ1) is 13.5. The summed E-state index contributed by atoms with van der Waals surface area (Å²) in [6.45, 7) is 3.43. The Balaban J connectivity index is 1.48. The molecule has 4 nitrogen and oxygen atoms in total. The van der Waals surface area contributed by atoms with Crippen LogP contribution >= 0.6 is 0 Å². The van der Waals surface area contributed by atoms with Gasteiger partial charge in [-0.3, -0.25) is 0 Å². The number of carbonyl (C=O) groups is 1. The second kappa shape index (κ2) is 7.96. The van der Waals surface area contributed by atoms with Crippen LogP contribution in [0.5, 0.6) is 0 Å². The first-order valence-corrected chi connectivity index (χ1v) is 10.4. The van der Waals surface area contributed by atoms with Crippen molar-refractivity contribution in [1.82, 2.24) is 4.90 Å². The van der Waals surface area contributed by atoms with E-state index < -0.39 is 0 Å². The summed E-state index contributed by atoms with van der Waals surface area (Å²) in [5, 5.41) is 0. The van der Waals surface area contributed by atoms with E-state index in [0.717, 1.165) is 38.6 Å². The lowest BCUT2D eigenvalue weighted by molar-refractivity contribution is 0.0554. The number of carbonyl (C=O) groups excluding carboxylic acids is 1. The summed E-state index contributed by atoms with van der Waals surface area (Å²) in [5.74, 6) is 0. The SMILES string of the molecule is CC1(COC(=O)N2CCCC(N)C2Cc2cccc(-c3ccccc3)c2)CC1. The molecule has 2 atom stereocenters. The van der Waals surface area contributed by atoms with E-state index in [2.05, 4.69) is 55.5 Å². The third-order valence-electron chi connectivity index (χ3n) is 6.19. The molecule has 2 aliphatic rings. The summed E-state index contributed by atoms with van der Waals surface area (Å²) in [5.41, 5.74) is 10.2. The number of rotatable bonds is 5. The summed E-state index contributed by atoms with van der Waals surface area (Å²) in [6, 6.07) is 18.9. The molecule has 4 rings (SSSR count). The van der Waals surface area contributed by atoms with Gasteiger partial charge in [-0.2, -0.15) is 0 Å². The molecule has 1 saturated heterocycles. The van der Waals surface area contributed by atoms with Crippen molar-refractivity contribution in [3.05, 3.63) is 60.2 Å². The fourth-order valence-corrected chi connectivity index (χ4v) is 4.00. The molecule has 2 unspecified atom stereocenters. The van der Waals surface area contributed by atoms with Crippen molar-refractivity contribution in [2.75, 3.05) is 13.2 Å². The average molecular weight is 379 g/mol. The summed E-state index contributed by atoms with van der Waals surface area (Å²) in [7, 11) is 0. The molecule has 0 aromatic heterocycles. The fourth-order valence-electron chi connectivity index (χ4n) is 4.00. The van der Waals surface area contributed by atoms with E-state index in [1.165, 1.54) is 16.7 Å². The quantitative estimate of drug-likeness (QED) is 0.826. The monoisotopic (exact) mass is 378 g/mol. The van der Waals surface area contributed by atoms with Crippen molar-refractivity contribution in [3.8, 4) is 11.1 Å². The maximum atomic E-state index is 12.8. The molecular formula is C24H30N2O2. The fraction of sp³-hybridized carbons (Fsp3) is 0.458. The number of hydrogen-bond acceptors (Lipinski definition) is 3. The number of nitrogens with two attached hydrogens (primary N) is 1. The van der Waals surface area contributed by atoms with E-state index in [4.69, 9.17) is 10.5 Å². The van der Waals surface area contributed by atoms with Crippen LogP contribution in [0.1, 0.15) is 38.2 Å². The highest BCUT2D eigenvalue weighted by atomic mass is 16.6. The maximum Gasteiger partial charge on any atom is 0.410 e. The second-order valence-corrected chi connectivity index (χ2v) is 8.70. The summed E-state index contributed by atoms with van der Waals surface area (Å²) in [4.78, 5) is 14.6. The number of piperidine rings is 1. The second-order valence-electron chi connectivity index (χ2n) is 8.70. The minimum atomic E-state index is -0.201. The number of likely N-dealkylation sites (tertiary alicyclic amines) is 1. The molecule has 1 saturated carbocycles. The van der Waals surface area contributed by atoms with Crippen LogP contribution in [0.3, 0.4) is 0 Å². The number of benzene rings is 2. The lowest BCUT2D eigenvalue weighted by atomic mass is 9.91. The predicted octanol–water partition coefficient (Wildman–Crippen LogP) is 4.62. The highest BCUT2D eigenvalue weighted by Crippen LogP contribution is 2.45. The van der Waals surface area contributed by atoms with Gasteiger partial charge in [0.05, 0.1) is 12.6 Å². The molecule has 28 heavy (non-hydrogen) atoms. The van der Waals surface area contributed by atoms with Crippen LogP contribution < -0.4 is 5.73 Å². The van der Waals surface area contributed by atoms with Gasteiger partial charge in [0, 0.05) is 18.0 Å². The Labute approximate surface area is 167 Å². The predicted molar refractivity (Wildman–Crippen MR) is 112 cm³/mol. The molecule has 0 bridgehead atoms. The standard InChI is InChI=1S/C24H30N2O2/c1-24(12-13-24)17-28-23(27)26-14-6-11-21(25)22(26)16-18-7-5-10-20(15-18)19-8-3-2-4-9-19/h2-5,7-10,15,21-22H,6,11-14,16-17,25H2,1H3. The Hall–Kier alpha value is -2.33. The zero-order valence-corrected chi connectivity index (χ0v) is 16.6. The van der Waals surface area contributed by atoms with Gasteiger partial charge in [0.2, 0.25) is 0 Å². The van der Waals surface area contributed by atoms with E-state index in [1.54, 1.807) is 0 Å². The third kappa shape index (κ3) is 4.39. The Morgan fingerprint density at radius 1 is 1.14 bits per heavy atom. The lowest BCUT2D eigenvalue weighted by Crippen LogP contribution is -2.55. The molecular weight excluding hydrogens is 348 g/mol. The van der Waals surface area contributed by atoms with E-state index in [0.29, 0.717) is 6.61 Å². The van der Waals surface area contributed by atoms with E-state index >= 15 is 0 Å². The molecule has 1 amide bonds. The Morgan fingerprint density at radius 2 is 1.89 bits per heavy atom. The summed E-state index contributed by atoms with van der Waals surface area (Å²) >= 11 is 0. The molecule has 2 N–H and O–H groups in total. The minimum Gasteiger partial charge on any atom is -0.449 e. The van der Waals surface area contributed by atoms with E-state index in [-0.39, 0.29) is 23.6 Å². The van der Waals surface area contributed by atoms with Crippen molar-refractivity contribution in [3.63, 3.8) is 0 Å². The Kier molecular flexibility index (Phi) is 5.40. The largest absolute Gasteiger partial charge is 0.449 e. The molecule has 2 aromatic carbocycles. The van der Waals surface area contributed by atoms with Crippen LogP contribution in [-0.2, 0) is 11.2 Å². The minimum absolute atomic E-state index is 0.0146. The van der Waals surface area contributed by atoms with E-state index in [1.807, 2.05) is 11.0 Å². The molecule has 2 fully saturated rings. The zero-order valence-electron chi connectivity index (χ0n) is 16.6. The Bertz CT molecular complexity index is 816. The van der Waals surface area contributed by atoms with Gasteiger partial charge in [-0.1, -0.05) is 61.5 Å². The first kappa shape index (κ1) is 19.0. The van der Waals surface area contributed by atoms with Crippen molar-refractivity contribution in [2.45, 2.75) is 51.1 Å². The van der Waals surface area contributed by atoms with Gasteiger partial charge in [0.15, 0.2) is 0 Å². The van der Waals surface area contributed by atoms with Crippen LogP contribution in [-0.4, -0.2) is 36.2 Å². The zero-order chi connectivity index (χ0) is 19.6. The lowest BCUT2D eigenvalue weighted by Gasteiger charge is -2.39. The van der Waals surface area contributed by atoms with Crippen LogP contribution in [0, 0.1) is 5.41 Å². The van der Waals surface area contributed by atoms with Crippen LogP contribution in [0.25, 0.3) is 11.1 Å². The van der Waals surface area contributed by atoms with Crippen LogP contribution in [0.15, 0.2) is 54.6 Å².